The van der Waals surface area contributed by atoms with Gasteiger partial charge in [-0.3, -0.25) is 0 Å². The number of phenolic OH excluding ortho intramolecular Hbond substituents is 1. The van der Waals surface area contributed by atoms with E-state index in [0.717, 1.165) is 34.0 Å². The molecular weight excluding hydrogens is 520 g/mol. The second kappa shape index (κ2) is 11.8. The lowest BCUT2D eigenvalue weighted by Crippen LogP contribution is -2.30. The van der Waals surface area contributed by atoms with Crippen LogP contribution in [0, 0.1) is 0 Å². The topological polar surface area (TPSA) is 101 Å². The van der Waals surface area contributed by atoms with Gasteiger partial charge in [-0.1, -0.05) is 57.5 Å². The van der Waals surface area contributed by atoms with Crippen molar-refractivity contribution >= 4 is 17.0 Å². The molecular formula is C32H34N4O5. The van der Waals surface area contributed by atoms with Crippen LogP contribution in [0.5, 0.6) is 11.5 Å². The summed E-state index contributed by atoms with van der Waals surface area (Å²) in [6, 6.07) is 20.1. The van der Waals surface area contributed by atoms with E-state index in [-0.39, 0.29) is 24.1 Å². The van der Waals surface area contributed by atoms with Crippen molar-refractivity contribution in [2.24, 2.45) is 7.05 Å². The monoisotopic (exact) mass is 554 g/mol. The fraction of sp³-hybridized carbons (Fsp3) is 0.281. The average Bonchev–Trinajstić information content (AvgIpc) is 3.51. The quantitative estimate of drug-likeness (QED) is 0.212. The van der Waals surface area contributed by atoms with Crippen LogP contribution in [0.25, 0.3) is 28.0 Å². The predicted octanol–water partition coefficient (Wildman–Crippen LogP) is 6.39. The number of hydrogen-bond donors (Lipinski definition) is 1. The Morgan fingerprint density at radius 3 is 2.56 bits per heavy atom. The number of aryl methyl sites for hydroxylation is 1. The molecule has 41 heavy (non-hydrogen) atoms. The Morgan fingerprint density at radius 2 is 1.83 bits per heavy atom. The summed E-state index contributed by atoms with van der Waals surface area (Å²) in [7, 11) is 1.95. The minimum absolute atomic E-state index is 0.00757. The lowest BCUT2D eigenvalue weighted by molar-refractivity contribution is 0.136. The highest BCUT2D eigenvalue weighted by atomic mass is 16.6. The molecule has 9 heteroatoms. The summed E-state index contributed by atoms with van der Waals surface area (Å²) in [5.74, 6) is 0.654. The molecule has 9 nitrogen and oxygen atoms in total. The van der Waals surface area contributed by atoms with Gasteiger partial charge < -0.3 is 19.1 Å². The Morgan fingerprint density at radius 1 is 1.05 bits per heavy atom. The van der Waals surface area contributed by atoms with Crippen molar-refractivity contribution < 1.29 is 19.4 Å². The van der Waals surface area contributed by atoms with E-state index < -0.39 is 11.8 Å². The van der Waals surface area contributed by atoms with Gasteiger partial charge in [0.25, 0.3) is 0 Å². The van der Waals surface area contributed by atoms with Crippen molar-refractivity contribution in [1.29, 1.82) is 0 Å². The van der Waals surface area contributed by atoms with Crippen molar-refractivity contribution in [1.82, 2.24) is 18.9 Å². The molecule has 3 aromatic carbocycles. The molecule has 0 radical (unpaired) electrons. The fourth-order valence-electron chi connectivity index (χ4n) is 4.75. The number of benzene rings is 3. The number of unbranched alkanes of at least 4 members (excludes halogenated alkanes) is 1. The summed E-state index contributed by atoms with van der Waals surface area (Å²) < 4.78 is 15.7. The first-order chi connectivity index (χ1) is 19.8. The lowest BCUT2D eigenvalue weighted by atomic mass is 9.98. The number of hydrogen-bond acceptors (Lipinski definition) is 6. The van der Waals surface area contributed by atoms with E-state index >= 15 is 0 Å². The third kappa shape index (κ3) is 5.61. The molecule has 0 spiro atoms. The average molecular weight is 555 g/mol. The van der Waals surface area contributed by atoms with E-state index in [1.807, 2.05) is 86.3 Å². The van der Waals surface area contributed by atoms with E-state index in [1.54, 1.807) is 12.1 Å². The molecule has 5 rings (SSSR count). The summed E-state index contributed by atoms with van der Waals surface area (Å²) in [6.07, 6.45) is 2.78. The summed E-state index contributed by atoms with van der Waals surface area (Å²) in [4.78, 5) is 27.1. The van der Waals surface area contributed by atoms with E-state index in [9.17, 15) is 14.7 Å². The van der Waals surface area contributed by atoms with Crippen LogP contribution >= 0.6 is 0 Å². The van der Waals surface area contributed by atoms with Crippen molar-refractivity contribution in [3.8, 4) is 28.6 Å². The van der Waals surface area contributed by atoms with Gasteiger partial charge in [0, 0.05) is 30.2 Å². The highest BCUT2D eigenvalue weighted by Crippen LogP contribution is 2.38. The number of fused-ring (bicyclic) bond motifs is 1. The lowest BCUT2D eigenvalue weighted by Gasteiger charge is -2.16. The Kier molecular flexibility index (Phi) is 7.96. The molecule has 0 aliphatic rings. The fourth-order valence-corrected chi connectivity index (χ4v) is 4.75. The van der Waals surface area contributed by atoms with Crippen LogP contribution in [-0.4, -0.2) is 36.7 Å². The Bertz CT molecular complexity index is 1750. The molecule has 0 aliphatic carbocycles. The first-order valence-electron chi connectivity index (χ1n) is 13.8. The normalized spacial score (nSPS) is 11.3. The van der Waals surface area contributed by atoms with Gasteiger partial charge in [-0.2, -0.15) is 0 Å². The molecule has 0 aliphatic heterocycles. The first-order valence-corrected chi connectivity index (χ1v) is 13.8. The molecule has 1 N–H and O–H groups in total. The van der Waals surface area contributed by atoms with Gasteiger partial charge in [0.1, 0.15) is 18.1 Å². The zero-order valence-electron chi connectivity index (χ0n) is 23.7. The SMILES string of the molecule is CCCCOc1cc(O)c(C(C)C)cc1-c1nn(C(=O)OCc2ccccc2)c(=O)n1-c1ccc2c(ccn2C)c1. The largest absolute Gasteiger partial charge is 0.508 e. The van der Waals surface area contributed by atoms with Crippen molar-refractivity contribution in [2.75, 3.05) is 6.61 Å². The number of ether oxygens (including phenoxy) is 2. The first kappa shape index (κ1) is 27.8. The molecule has 0 amide bonds. The molecule has 2 aromatic heterocycles. The summed E-state index contributed by atoms with van der Waals surface area (Å²) in [5, 5.41) is 16.2. The molecule has 0 atom stereocenters. The van der Waals surface area contributed by atoms with Crippen molar-refractivity contribution in [3.05, 3.63) is 94.5 Å². The highest BCUT2D eigenvalue weighted by molar-refractivity contribution is 5.83. The summed E-state index contributed by atoms with van der Waals surface area (Å²) in [5.41, 5.74) is 2.80. The number of aromatic nitrogens is 4. The maximum atomic E-state index is 13.9. The molecule has 0 bridgehead atoms. The van der Waals surface area contributed by atoms with Gasteiger partial charge in [-0.05, 0) is 53.8 Å². The summed E-state index contributed by atoms with van der Waals surface area (Å²) >= 11 is 0. The van der Waals surface area contributed by atoms with Crippen molar-refractivity contribution in [2.45, 2.75) is 46.1 Å². The number of rotatable bonds is 9. The maximum Gasteiger partial charge on any atom is 0.439 e. The summed E-state index contributed by atoms with van der Waals surface area (Å²) in [6.45, 7) is 6.40. The van der Waals surface area contributed by atoms with Gasteiger partial charge in [0.05, 0.1) is 17.9 Å². The third-order valence-corrected chi connectivity index (χ3v) is 7.03. The van der Waals surface area contributed by atoms with Crippen LogP contribution in [0.2, 0.25) is 0 Å². The Labute approximate surface area is 238 Å². The zero-order valence-corrected chi connectivity index (χ0v) is 23.7. The molecule has 0 saturated heterocycles. The second-order valence-corrected chi connectivity index (χ2v) is 10.3. The number of carbonyl (C=O) groups excluding carboxylic acids is 1. The molecule has 0 unspecified atom stereocenters. The second-order valence-electron chi connectivity index (χ2n) is 10.3. The molecule has 2 heterocycles. The van der Waals surface area contributed by atoms with Gasteiger partial charge in [0.15, 0.2) is 5.82 Å². The van der Waals surface area contributed by atoms with E-state index in [4.69, 9.17) is 9.47 Å². The smallest absolute Gasteiger partial charge is 0.439 e. The standard InChI is InChI=1S/C32H34N4O5/c1-5-6-16-40-29-19-28(37)25(21(2)3)18-26(29)30-33-36(32(39)41-20-22-10-8-7-9-11-22)31(38)35(30)24-12-13-27-23(17-24)14-15-34(27)4/h7-15,17-19,21,37H,5-6,16,20H2,1-4H3. The van der Waals surface area contributed by atoms with Crippen LogP contribution < -0.4 is 10.4 Å². The van der Waals surface area contributed by atoms with Crippen LogP contribution in [0.1, 0.15) is 50.7 Å². The minimum atomic E-state index is -0.893. The van der Waals surface area contributed by atoms with E-state index in [2.05, 4.69) is 12.0 Å². The van der Waals surface area contributed by atoms with E-state index in [1.165, 1.54) is 4.57 Å². The Balaban J connectivity index is 1.68. The molecule has 5 aromatic rings. The Hall–Kier alpha value is -4.79. The number of nitrogens with zero attached hydrogens (tertiary/aromatic N) is 4. The number of phenols is 1. The van der Waals surface area contributed by atoms with E-state index in [0.29, 0.717) is 29.2 Å². The maximum absolute atomic E-state index is 13.9. The molecule has 0 fully saturated rings. The van der Waals surface area contributed by atoms with Gasteiger partial charge in [-0.15, -0.1) is 9.78 Å². The van der Waals surface area contributed by atoms with Gasteiger partial charge >= 0.3 is 11.8 Å². The third-order valence-electron chi connectivity index (χ3n) is 7.03. The van der Waals surface area contributed by atoms with Crippen LogP contribution in [-0.2, 0) is 18.4 Å². The van der Waals surface area contributed by atoms with Crippen LogP contribution in [0.15, 0.2) is 77.7 Å². The van der Waals surface area contributed by atoms with Crippen LogP contribution in [0.3, 0.4) is 0 Å². The molecule has 0 saturated carbocycles. The predicted molar refractivity (Wildman–Crippen MR) is 158 cm³/mol. The zero-order chi connectivity index (χ0) is 29.1. The van der Waals surface area contributed by atoms with Gasteiger partial charge in [0.2, 0.25) is 0 Å². The number of aromatic hydroxyl groups is 1. The van der Waals surface area contributed by atoms with Crippen molar-refractivity contribution in [3.63, 3.8) is 0 Å². The minimum Gasteiger partial charge on any atom is -0.508 e. The highest BCUT2D eigenvalue weighted by Gasteiger charge is 2.26. The van der Waals surface area contributed by atoms with Gasteiger partial charge in [-0.25, -0.2) is 14.2 Å². The number of carbonyl (C=O) groups is 1. The molecule has 212 valence electrons. The van der Waals surface area contributed by atoms with Crippen LogP contribution in [0.4, 0.5) is 4.79 Å².